The van der Waals surface area contributed by atoms with Gasteiger partial charge < -0.3 is 4.90 Å². The maximum absolute atomic E-state index is 12.3. The van der Waals surface area contributed by atoms with Gasteiger partial charge >= 0.3 is 0 Å². The molecule has 0 unspecified atom stereocenters. The van der Waals surface area contributed by atoms with Gasteiger partial charge in [-0.3, -0.25) is 4.79 Å². The fourth-order valence-corrected chi connectivity index (χ4v) is 2.61. The molecule has 2 aromatic rings. The van der Waals surface area contributed by atoms with Gasteiger partial charge in [0, 0.05) is 18.2 Å². The van der Waals surface area contributed by atoms with Crippen LogP contribution in [0.3, 0.4) is 0 Å². The number of fused-ring (bicyclic) bond motifs is 1. The molecule has 3 rings (SSSR count). The number of carbonyl (C=O) groups excluding carboxylic acids is 1. The minimum Gasteiger partial charge on any atom is -0.311 e. The van der Waals surface area contributed by atoms with E-state index in [0.29, 0.717) is 15.6 Å². The molecule has 100 valence electrons. The van der Waals surface area contributed by atoms with Crippen molar-refractivity contribution in [2.45, 2.75) is 0 Å². The summed E-state index contributed by atoms with van der Waals surface area (Å²) in [7, 11) is 1.77. The molecule has 0 N–H and O–H groups in total. The molecule has 2 nitrogen and oxygen atoms in total. The van der Waals surface area contributed by atoms with Gasteiger partial charge in [-0.1, -0.05) is 47.5 Å². The van der Waals surface area contributed by atoms with Crippen molar-refractivity contribution in [2.24, 2.45) is 0 Å². The Morgan fingerprint density at radius 1 is 1.05 bits per heavy atom. The summed E-state index contributed by atoms with van der Waals surface area (Å²) in [6, 6.07) is 13.0. The first-order valence-electron chi connectivity index (χ1n) is 6.12. The Bertz CT molecular complexity index is 737. The highest BCUT2D eigenvalue weighted by Gasteiger charge is 2.28. The second-order valence-electron chi connectivity index (χ2n) is 4.61. The highest BCUT2D eigenvalue weighted by Crippen LogP contribution is 2.36. The SMILES string of the molecule is CN1C(=O)/C(=C/c2ccc(Cl)c(Cl)c2)c2ccccc21. The molecule has 0 spiro atoms. The summed E-state index contributed by atoms with van der Waals surface area (Å²) < 4.78 is 0. The zero-order chi connectivity index (χ0) is 14.3. The van der Waals surface area contributed by atoms with Gasteiger partial charge in [0.05, 0.1) is 15.7 Å². The Kier molecular flexibility index (Phi) is 3.28. The largest absolute Gasteiger partial charge is 0.311 e. The van der Waals surface area contributed by atoms with Gasteiger partial charge in [0.25, 0.3) is 5.91 Å². The summed E-state index contributed by atoms with van der Waals surface area (Å²) in [6.45, 7) is 0. The molecule has 1 heterocycles. The molecule has 0 aliphatic carbocycles. The van der Waals surface area contributed by atoms with Crippen LogP contribution in [-0.2, 0) is 4.79 Å². The smallest absolute Gasteiger partial charge is 0.258 e. The van der Waals surface area contributed by atoms with E-state index in [4.69, 9.17) is 23.2 Å². The fraction of sp³-hybridized carbons (Fsp3) is 0.0625. The van der Waals surface area contributed by atoms with Crippen molar-refractivity contribution in [1.82, 2.24) is 0 Å². The molecule has 0 atom stereocenters. The fourth-order valence-electron chi connectivity index (χ4n) is 2.31. The number of amides is 1. The maximum Gasteiger partial charge on any atom is 0.258 e. The summed E-state index contributed by atoms with van der Waals surface area (Å²) in [4.78, 5) is 14.0. The topological polar surface area (TPSA) is 20.3 Å². The van der Waals surface area contributed by atoms with Gasteiger partial charge in [0.2, 0.25) is 0 Å². The summed E-state index contributed by atoms with van der Waals surface area (Å²) in [5.74, 6) is -0.0164. The summed E-state index contributed by atoms with van der Waals surface area (Å²) in [6.07, 6.45) is 1.84. The number of hydrogen-bond donors (Lipinski definition) is 0. The van der Waals surface area contributed by atoms with E-state index in [-0.39, 0.29) is 5.91 Å². The molecule has 20 heavy (non-hydrogen) atoms. The van der Waals surface area contributed by atoms with Gasteiger partial charge in [-0.25, -0.2) is 0 Å². The normalized spacial score (nSPS) is 15.8. The van der Waals surface area contributed by atoms with Crippen LogP contribution in [0.4, 0.5) is 5.69 Å². The molecule has 0 saturated heterocycles. The van der Waals surface area contributed by atoms with E-state index < -0.39 is 0 Å². The number of carbonyl (C=O) groups is 1. The zero-order valence-electron chi connectivity index (χ0n) is 10.7. The molecule has 0 fully saturated rings. The number of likely N-dealkylation sites (N-methyl/N-ethyl adjacent to an activating group) is 1. The first-order valence-corrected chi connectivity index (χ1v) is 6.88. The molecular formula is C16H11Cl2NO. The average molecular weight is 304 g/mol. The molecule has 1 aliphatic heterocycles. The number of nitrogens with zero attached hydrogens (tertiary/aromatic N) is 1. The third-order valence-corrected chi connectivity index (χ3v) is 4.08. The van der Waals surface area contributed by atoms with E-state index in [1.807, 2.05) is 36.4 Å². The third kappa shape index (κ3) is 2.11. The van der Waals surface area contributed by atoms with Crippen molar-refractivity contribution < 1.29 is 4.79 Å². The lowest BCUT2D eigenvalue weighted by Gasteiger charge is -2.07. The molecule has 4 heteroatoms. The van der Waals surface area contributed by atoms with Gasteiger partial charge in [-0.2, -0.15) is 0 Å². The predicted molar refractivity (Wildman–Crippen MR) is 84.2 cm³/mol. The van der Waals surface area contributed by atoms with Crippen molar-refractivity contribution in [2.75, 3.05) is 11.9 Å². The van der Waals surface area contributed by atoms with Crippen molar-refractivity contribution in [3.63, 3.8) is 0 Å². The molecule has 0 aromatic heterocycles. The molecular weight excluding hydrogens is 293 g/mol. The van der Waals surface area contributed by atoms with Crippen LogP contribution >= 0.6 is 23.2 Å². The van der Waals surface area contributed by atoms with Crippen LogP contribution < -0.4 is 4.90 Å². The quantitative estimate of drug-likeness (QED) is 0.710. The third-order valence-electron chi connectivity index (χ3n) is 3.35. The molecule has 0 radical (unpaired) electrons. The van der Waals surface area contributed by atoms with E-state index in [1.165, 1.54) is 0 Å². The van der Waals surface area contributed by atoms with E-state index in [0.717, 1.165) is 16.8 Å². The molecule has 2 aromatic carbocycles. The number of anilines is 1. The highest BCUT2D eigenvalue weighted by molar-refractivity contribution is 6.42. The second kappa shape index (κ2) is 4.97. The Morgan fingerprint density at radius 2 is 1.80 bits per heavy atom. The Labute approximate surface area is 127 Å². The van der Waals surface area contributed by atoms with Crippen LogP contribution in [0.2, 0.25) is 10.0 Å². The van der Waals surface area contributed by atoms with Crippen molar-refractivity contribution in [3.05, 3.63) is 63.6 Å². The zero-order valence-corrected chi connectivity index (χ0v) is 12.2. The molecule has 1 amide bonds. The van der Waals surface area contributed by atoms with Crippen molar-refractivity contribution >= 4 is 46.4 Å². The molecule has 1 aliphatic rings. The van der Waals surface area contributed by atoms with Gasteiger partial charge in [-0.15, -0.1) is 0 Å². The Morgan fingerprint density at radius 3 is 2.55 bits per heavy atom. The Hall–Kier alpha value is -1.77. The van der Waals surface area contributed by atoms with Gasteiger partial charge in [-0.05, 0) is 29.8 Å². The number of hydrogen-bond acceptors (Lipinski definition) is 1. The summed E-state index contributed by atoms with van der Waals surface area (Å²) >= 11 is 11.9. The predicted octanol–water partition coefficient (Wildman–Crippen LogP) is 4.51. The standard InChI is InChI=1S/C16H11Cl2NO/c1-19-15-5-3-2-4-11(15)12(16(19)20)8-10-6-7-13(17)14(18)9-10/h2-9H,1H3/b12-8+. The van der Waals surface area contributed by atoms with E-state index in [2.05, 4.69) is 0 Å². The first-order chi connectivity index (χ1) is 9.58. The number of halogens is 2. The van der Waals surface area contributed by atoms with Crippen LogP contribution in [-0.4, -0.2) is 13.0 Å². The van der Waals surface area contributed by atoms with Crippen LogP contribution in [0.5, 0.6) is 0 Å². The maximum atomic E-state index is 12.3. The van der Waals surface area contributed by atoms with Gasteiger partial charge in [0.15, 0.2) is 0 Å². The van der Waals surface area contributed by atoms with Crippen LogP contribution in [0.1, 0.15) is 11.1 Å². The van der Waals surface area contributed by atoms with Crippen LogP contribution in [0.25, 0.3) is 11.6 Å². The highest BCUT2D eigenvalue weighted by atomic mass is 35.5. The lowest BCUT2D eigenvalue weighted by atomic mass is 10.0. The van der Waals surface area contributed by atoms with E-state index >= 15 is 0 Å². The molecule has 0 saturated carbocycles. The van der Waals surface area contributed by atoms with Crippen LogP contribution in [0.15, 0.2) is 42.5 Å². The number of rotatable bonds is 1. The first kappa shape index (κ1) is 13.2. The van der Waals surface area contributed by atoms with Crippen molar-refractivity contribution in [3.8, 4) is 0 Å². The second-order valence-corrected chi connectivity index (χ2v) is 5.43. The number of para-hydroxylation sites is 1. The monoisotopic (exact) mass is 303 g/mol. The number of benzene rings is 2. The van der Waals surface area contributed by atoms with Crippen LogP contribution in [0, 0.1) is 0 Å². The van der Waals surface area contributed by atoms with Gasteiger partial charge in [0.1, 0.15) is 0 Å². The summed E-state index contributed by atoms with van der Waals surface area (Å²) in [5, 5.41) is 0.984. The van der Waals surface area contributed by atoms with E-state index in [9.17, 15) is 4.79 Å². The van der Waals surface area contributed by atoms with Crippen molar-refractivity contribution in [1.29, 1.82) is 0 Å². The lowest BCUT2D eigenvalue weighted by Crippen LogP contribution is -2.20. The Balaban J connectivity index is 2.12. The minimum absolute atomic E-state index is 0.0164. The molecule has 0 bridgehead atoms. The lowest BCUT2D eigenvalue weighted by molar-refractivity contribution is -0.112. The van der Waals surface area contributed by atoms with E-state index in [1.54, 1.807) is 24.1 Å². The minimum atomic E-state index is -0.0164. The average Bonchev–Trinajstić information content (AvgIpc) is 2.69. The summed E-state index contributed by atoms with van der Waals surface area (Å²) in [5.41, 5.74) is 3.38.